The maximum absolute atomic E-state index is 12.4. The van der Waals surface area contributed by atoms with Crippen LogP contribution in [-0.4, -0.2) is 50.9 Å². The van der Waals surface area contributed by atoms with E-state index in [9.17, 15) is 13.2 Å². The Morgan fingerprint density at radius 3 is 2.70 bits per heavy atom. The van der Waals surface area contributed by atoms with Crippen molar-refractivity contribution in [1.82, 2.24) is 4.90 Å². The van der Waals surface area contributed by atoms with Crippen LogP contribution in [0.4, 0.5) is 5.69 Å². The van der Waals surface area contributed by atoms with E-state index in [0.717, 1.165) is 0 Å². The molecule has 2 rings (SSSR count). The number of hydrogen-bond acceptors (Lipinski definition) is 5. The van der Waals surface area contributed by atoms with Gasteiger partial charge in [0.25, 0.3) is 5.91 Å². The van der Waals surface area contributed by atoms with Gasteiger partial charge < -0.3 is 15.4 Å². The number of amides is 1. The molecule has 0 aliphatic carbocycles. The fraction of sp³-hybridized carbons (Fsp3) is 0.462. The predicted molar refractivity (Wildman–Crippen MR) is 76.6 cm³/mol. The molecule has 0 aromatic heterocycles. The normalized spacial score (nSPS) is 20.6. The van der Waals surface area contributed by atoms with Gasteiger partial charge in [0.05, 0.1) is 24.2 Å². The molecule has 7 heteroatoms. The minimum Gasteiger partial charge on any atom is -0.497 e. The van der Waals surface area contributed by atoms with Crippen molar-refractivity contribution >= 4 is 21.4 Å². The van der Waals surface area contributed by atoms with E-state index < -0.39 is 9.84 Å². The lowest BCUT2D eigenvalue weighted by atomic mass is 10.1. The third-order valence-corrected chi connectivity index (χ3v) is 5.32. The van der Waals surface area contributed by atoms with E-state index in [1.165, 1.54) is 12.0 Å². The van der Waals surface area contributed by atoms with Gasteiger partial charge in [0.1, 0.15) is 5.75 Å². The summed E-state index contributed by atoms with van der Waals surface area (Å²) in [5.41, 5.74) is 6.49. The molecule has 6 nitrogen and oxygen atoms in total. The first-order chi connectivity index (χ1) is 9.34. The lowest BCUT2D eigenvalue weighted by Gasteiger charge is -2.24. The molecule has 1 heterocycles. The van der Waals surface area contributed by atoms with Gasteiger partial charge in [-0.2, -0.15) is 0 Å². The van der Waals surface area contributed by atoms with E-state index in [1.54, 1.807) is 25.2 Å². The number of carbonyl (C=O) groups is 1. The second-order valence-electron chi connectivity index (χ2n) is 4.93. The third-order valence-electron chi connectivity index (χ3n) is 3.57. The van der Waals surface area contributed by atoms with Gasteiger partial charge in [-0.3, -0.25) is 4.79 Å². The fourth-order valence-corrected chi connectivity index (χ4v) is 4.06. The summed E-state index contributed by atoms with van der Waals surface area (Å²) in [6, 6.07) is 4.55. The molecule has 20 heavy (non-hydrogen) atoms. The zero-order valence-electron chi connectivity index (χ0n) is 11.5. The quantitative estimate of drug-likeness (QED) is 0.822. The molecule has 1 aliphatic heterocycles. The van der Waals surface area contributed by atoms with Gasteiger partial charge in [0.2, 0.25) is 0 Å². The fourth-order valence-electron chi connectivity index (χ4n) is 2.28. The summed E-state index contributed by atoms with van der Waals surface area (Å²) in [6.07, 6.45) is 0.467. The second kappa shape index (κ2) is 5.32. The third kappa shape index (κ3) is 2.87. The SMILES string of the molecule is COc1ccc(N)c(C(=O)N(C)C2CCS(=O)(=O)C2)c1. The average Bonchev–Trinajstić information content (AvgIpc) is 2.78. The van der Waals surface area contributed by atoms with E-state index >= 15 is 0 Å². The van der Waals surface area contributed by atoms with Crippen molar-refractivity contribution in [3.05, 3.63) is 23.8 Å². The van der Waals surface area contributed by atoms with Crippen molar-refractivity contribution in [3.63, 3.8) is 0 Å². The highest BCUT2D eigenvalue weighted by molar-refractivity contribution is 7.91. The number of methoxy groups -OCH3 is 1. The molecule has 0 saturated carbocycles. The van der Waals surface area contributed by atoms with Crippen molar-refractivity contribution in [1.29, 1.82) is 0 Å². The number of carbonyl (C=O) groups excluding carboxylic acids is 1. The smallest absolute Gasteiger partial charge is 0.256 e. The first kappa shape index (κ1) is 14.6. The molecule has 2 N–H and O–H groups in total. The van der Waals surface area contributed by atoms with Crippen LogP contribution in [-0.2, 0) is 9.84 Å². The topological polar surface area (TPSA) is 89.7 Å². The van der Waals surface area contributed by atoms with Crippen molar-refractivity contribution in [2.75, 3.05) is 31.4 Å². The zero-order chi connectivity index (χ0) is 14.9. The number of hydrogen-bond donors (Lipinski definition) is 1. The highest BCUT2D eigenvalue weighted by Crippen LogP contribution is 2.24. The van der Waals surface area contributed by atoms with Gasteiger partial charge in [-0.15, -0.1) is 0 Å². The summed E-state index contributed by atoms with van der Waals surface area (Å²) >= 11 is 0. The Morgan fingerprint density at radius 2 is 2.15 bits per heavy atom. The average molecular weight is 298 g/mol. The van der Waals surface area contributed by atoms with Crippen LogP contribution in [0.1, 0.15) is 16.8 Å². The molecule has 1 amide bonds. The van der Waals surface area contributed by atoms with Crippen molar-refractivity contribution in [2.45, 2.75) is 12.5 Å². The van der Waals surface area contributed by atoms with Crippen molar-refractivity contribution < 1.29 is 17.9 Å². The summed E-state index contributed by atoms with van der Waals surface area (Å²) in [4.78, 5) is 13.9. The largest absolute Gasteiger partial charge is 0.497 e. The standard InChI is InChI=1S/C13H18N2O4S/c1-15(9-5-6-20(17,18)8-9)13(16)11-7-10(19-2)3-4-12(11)14/h3-4,7,9H,5-6,8,14H2,1-2H3. The van der Waals surface area contributed by atoms with Gasteiger partial charge in [0, 0.05) is 18.8 Å². The molecular weight excluding hydrogens is 280 g/mol. The lowest BCUT2D eigenvalue weighted by Crippen LogP contribution is -2.38. The number of sulfone groups is 1. The van der Waals surface area contributed by atoms with E-state index in [-0.39, 0.29) is 23.5 Å². The molecule has 0 bridgehead atoms. The van der Waals surface area contributed by atoms with Crippen molar-refractivity contribution in [2.24, 2.45) is 0 Å². The zero-order valence-corrected chi connectivity index (χ0v) is 12.3. The molecule has 110 valence electrons. The van der Waals surface area contributed by atoms with E-state index in [1.807, 2.05) is 0 Å². The summed E-state index contributed by atoms with van der Waals surface area (Å²) in [7, 11) is 0.0819. The number of rotatable bonds is 3. The van der Waals surface area contributed by atoms with Crippen molar-refractivity contribution in [3.8, 4) is 5.75 Å². The molecule has 0 radical (unpaired) electrons. The summed E-state index contributed by atoms with van der Waals surface area (Å²) < 4.78 is 28.1. The van der Waals surface area contributed by atoms with Crippen LogP contribution >= 0.6 is 0 Å². The number of benzene rings is 1. The van der Waals surface area contributed by atoms with Gasteiger partial charge in [0.15, 0.2) is 9.84 Å². The van der Waals surface area contributed by atoms with Crippen LogP contribution in [0.25, 0.3) is 0 Å². The van der Waals surface area contributed by atoms with Crippen LogP contribution < -0.4 is 10.5 Å². The number of anilines is 1. The van der Waals surface area contributed by atoms with Crippen LogP contribution in [0.15, 0.2) is 18.2 Å². The van der Waals surface area contributed by atoms with Gasteiger partial charge in [-0.25, -0.2) is 8.42 Å². The Balaban J connectivity index is 2.23. The Bertz CT molecular complexity index is 627. The molecule has 1 saturated heterocycles. The minimum atomic E-state index is -3.03. The van der Waals surface area contributed by atoms with Crippen LogP contribution in [0.2, 0.25) is 0 Å². The maximum Gasteiger partial charge on any atom is 0.256 e. The molecule has 1 fully saturated rings. The van der Waals surface area contributed by atoms with Gasteiger partial charge >= 0.3 is 0 Å². The predicted octanol–water partition coefficient (Wildman–Crippen LogP) is 0.536. The Morgan fingerprint density at radius 1 is 1.45 bits per heavy atom. The van der Waals surface area contributed by atoms with E-state index in [4.69, 9.17) is 10.5 Å². The molecule has 1 aliphatic rings. The second-order valence-corrected chi connectivity index (χ2v) is 7.15. The van der Waals surface area contributed by atoms with Crippen LogP contribution in [0.5, 0.6) is 5.75 Å². The Hall–Kier alpha value is -1.76. The lowest BCUT2D eigenvalue weighted by molar-refractivity contribution is 0.0748. The number of nitrogens with zero attached hydrogens (tertiary/aromatic N) is 1. The molecule has 1 unspecified atom stereocenters. The van der Waals surface area contributed by atoms with E-state index in [0.29, 0.717) is 23.4 Å². The Kier molecular flexibility index (Phi) is 3.89. The first-order valence-corrected chi connectivity index (χ1v) is 8.07. The summed E-state index contributed by atoms with van der Waals surface area (Å²) in [5.74, 6) is 0.389. The molecule has 1 aromatic rings. The molecule has 1 aromatic carbocycles. The molecule has 1 atom stereocenters. The van der Waals surface area contributed by atoms with Crippen LogP contribution in [0, 0.1) is 0 Å². The van der Waals surface area contributed by atoms with Gasteiger partial charge in [-0.1, -0.05) is 0 Å². The monoisotopic (exact) mass is 298 g/mol. The summed E-state index contributed by atoms with van der Waals surface area (Å²) in [6.45, 7) is 0. The number of ether oxygens (including phenoxy) is 1. The first-order valence-electron chi connectivity index (χ1n) is 6.25. The summed E-state index contributed by atoms with van der Waals surface area (Å²) in [5, 5.41) is 0. The molecule has 0 spiro atoms. The van der Waals surface area contributed by atoms with E-state index in [2.05, 4.69) is 0 Å². The molecular formula is C13H18N2O4S. The number of nitrogens with two attached hydrogens (primary N) is 1. The Labute approximate surface area is 118 Å². The van der Waals surface area contributed by atoms with Crippen LogP contribution in [0.3, 0.4) is 0 Å². The highest BCUT2D eigenvalue weighted by atomic mass is 32.2. The maximum atomic E-state index is 12.4. The van der Waals surface area contributed by atoms with Gasteiger partial charge in [-0.05, 0) is 24.6 Å². The number of nitrogen functional groups attached to an aromatic ring is 1. The highest BCUT2D eigenvalue weighted by Gasteiger charge is 2.33. The minimum absolute atomic E-state index is 0.0130.